The Kier molecular flexibility index (Phi) is 5.09. The van der Waals surface area contributed by atoms with Gasteiger partial charge in [-0.15, -0.1) is 14.9 Å². The van der Waals surface area contributed by atoms with Gasteiger partial charge in [-0.05, 0) is 37.0 Å². The fraction of sp³-hybridized carbons (Fsp3) is 0.455. The van der Waals surface area contributed by atoms with Crippen molar-refractivity contribution in [2.45, 2.75) is 61.2 Å². The Morgan fingerprint density at radius 2 is 2.11 bits per heavy atom. The van der Waals surface area contributed by atoms with E-state index in [9.17, 15) is 17.2 Å². The molecule has 6 rings (SSSR count). The van der Waals surface area contributed by atoms with Crippen LogP contribution in [-0.2, 0) is 17.1 Å². The van der Waals surface area contributed by atoms with E-state index in [0.717, 1.165) is 41.7 Å². The Morgan fingerprint density at radius 3 is 2.77 bits per heavy atom. The van der Waals surface area contributed by atoms with Crippen LogP contribution in [0.1, 0.15) is 49.1 Å². The first-order chi connectivity index (χ1) is 16.7. The lowest BCUT2D eigenvalue weighted by Crippen LogP contribution is -2.34. The lowest BCUT2D eigenvalue weighted by Gasteiger charge is -2.22. The highest BCUT2D eigenvalue weighted by Crippen LogP contribution is 2.42. The Balaban J connectivity index is 1.56. The zero-order valence-corrected chi connectivity index (χ0v) is 20.3. The molecule has 2 bridgehead atoms. The summed E-state index contributed by atoms with van der Waals surface area (Å²) < 4.78 is 57.3. The number of benzene rings is 1. The van der Waals surface area contributed by atoms with Crippen molar-refractivity contribution in [2.24, 2.45) is 7.05 Å². The van der Waals surface area contributed by atoms with Crippen molar-refractivity contribution < 1.29 is 17.2 Å². The van der Waals surface area contributed by atoms with Crippen LogP contribution in [-0.4, -0.2) is 46.1 Å². The SMILES string of the molecule is [C-]#[N+]C1(NS(=O)(=O)c2cc(C3=CC4CCC(C3)N4)c3c(c2)c(-c2nnc(C(F)F)s2)nn3C)CC1. The van der Waals surface area contributed by atoms with E-state index in [1.807, 2.05) is 0 Å². The molecule has 0 amide bonds. The van der Waals surface area contributed by atoms with Gasteiger partial charge in [-0.25, -0.2) is 23.8 Å². The molecule has 0 spiro atoms. The molecule has 9 nitrogen and oxygen atoms in total. The van der Waals surface area contributed by atoms with Gasteiger partial charge in [-0.1, -0.05) is 17.4 Å². The van der Waals surface area contributed by atoms with Crippen LogP contribution in [0, 0.1) is 6.57 Å². The van der Waals surface area contributed by atoms with E-state index in [0.29, 0.717) is 35.5 Å². The average molecular weight is 518 g/mol. The molecule has 1 saturated heterocycles. The minimum Gasteiger partial charge on any atom is -0.307 e. The molecule has 2 aliphatic heterocycles. The summed E-state index contributed by atoms with van der Waals surface area (Å²) in [6.45, 7) is 7.38. The maximum Gasteiger partial charge on any atom is 0.299 e. The Bertz CT molecular complexity index is 1530. The lowest BCUT2D eigenvalue weighted by molar-refractivity contribution is 0.150. The van der Waals surface area contributed by atoms with E-state index in [-0.39, 0.29) is 15.9 Å². The molecule has 2 fully saturated rings. The maximum absolute atomic E-state index is 13.4. The molecule has 2 atom stereocenters. The summed E-state index contributed by atoms with van der Waals surface area (Å²) in [6, 6.07) is 3.66. The summed E-state index contributed by atoms with van der Waals surface area (Å²) in [5.74, 6) is 0. The number of hydrogen-bond acceptors (Lipinski definition) is 7. The number of nitrogens with zero attached hydrogens (tertiary/aromatic N) is 5. The lowest BCUT2D eigenvalue weighted by atomic mass is 9.94. The maximum atomic E-state index is 13.4. The number of rotatable bonds is 6. The van der Waals surface area contributed by atoms with E-state index in [2.05, 4.69) is 36.3 Å². The smallest absolute Gasteiger partial charge is 0.299 e. The molecule has 2 aromatic heterocycles. The Morgan fingerprint density at radius 1 is 1.31 bits per heavy atom. The molecule has 4 heterocycles. The number of halogens is 2. The van der Waals surface area contributed by atoms with Crippen molar-refractivity contribution in [3.05, 3.63) is 40.2 Å². The number of aromatic nitrogens is 4. The van der Waals surface area contributed by atoms with Crippen LogP contribution in [0.25, 0.3) is 32.0 Å². The molecular formula is C22H21F2N7O2S2. The molecular weight excluding hydrogens is 496 g/mol. The highest BCUT2D eigenvalue weighted by Gasteiger charge is 2.54. The van der Waals surface area contributed by atoms with E-state index in [1.54, 1.807) is 17.8 Å². The molecule has 13 heteroatoms. The van der Waals surface area contributed by atoms with Gasteiger partial charge in [-0.2, -0.15) is 5.10 Å². The molecule has 35 heavy (non-hydrogen) atoms. The van der Waals surface area contributed by atoms with Gasteiger partial charge in [0, 0.05) is 30.1 Å². The van der Waals surface area contributed by atoms with Gasteiger partial charge in [0.2, 0.25) is 10.0 Å². The first-order valence-corrected chi connectivity index (χ1v) is 13.5. The minimum absolute atomic E-state index is 0.00885. The molecule has 182 valence electrons. The second kappa shape index (κ2) is 7.86. The Hall–Kier alpha value is -2.79. The highest BCUT2D eigenvalue weighted by molar-refractivity contribution is 7.89. The largest absolute Gasteiger partial charge is 0.307 e. The summed E-state index contributed by atoms with van der Waals surface area (Å²) in [5.41, 5.74) is 1.66. The summed E-state index contributed by atoms with van der Waals surface area (Å²) in [5, 5.41) is 15.8. The van der Waals surface area contributed by atoms with Crippen LogP contribution in [0.4, 0.5) is 8.78 Å². The molecule has 3 aliphatic rings. The van der Waals surface area contributed by atoms with Gasteiger partial charge < -0.3 is 5.32 Å². The predicted octanol–water partition coefficient (Wildman–Crippen LogP) is 3.62. The number of hydrogen-bond donors (Lipinski definition) is 2. The van der Waals surface area contributed by atoms with Gasteiger partial charge in [-0.3, -0.25) is 9.53 Å². The van der Waals surface area contributed by atoms with Gasteiger partial charge >= 0.3 is 0 Å². The number of sulfonamides is 1. The predicted molar refractivity (Wildman–Crippen MR) is 126 cm³/mol. The monoisotopic (exact) mass is 517 g/mol. The van der Waals surface area contributed by atoms with Crippen molar-refractivity contribution in [1.82, 2.24) is 30.0 Å². The van der Waals surface area contributed by atoms with Gasteiger partial charge in [0.1, 0.15) is 5.69 Å². The van der Waals surface area contributed by atoms with Crippen LogP contribution in [0.15, 0.2) is 23.1 Å². The van der Waals surface area contributed by atoms with Crippen molar-refractivity contribution >= 4 is 37.8 Å². The third-order valence-electron chi connectivity index (χ3n) is 6.80. The summed E-state index contributed by atoms with van der Waals surface area (Å²) in [7, 11) is -2.28. The molecule has 3 aromatic rings. The molecule has 1 saturated carbocycles. The summed E-state index contributed by atoms with van der Waals surface area (Å²) >= 11 is 0.734. The third kappa shape index (κ3) is 3.85. The Labute approximate surface area is 204 Å². The van der Waals surface area contributed by atoms with Crippen LogP contribution in [0.2, 0.25) is 0 Å². The van der Waals surface area contributed by atoms with Crippen molar-refractivity contribution in [2.75, 3.05) is 0 Å². The third-order valence-corrected chi connectivity index (χ3v) is 9.25. The van der Waals surface area contributed by atoms with Crippen molar-refractivity contribution in [1.29, 1.82) is 0 Å². The van der Waals surface area contributed by atoms with Crippen LogP contribution in [0.3, 0.4) is 0 Å². The molecule has 0 radical (unpaired) electrons. The zero-order valence-electron chi connectivity index (χ0n) is 18.6. The first-order valence-electron chi connectivity index (χ1n) is 11.2. The van der Waals surface area contributed by atoms with Crippen molar-refractivity contribution in [3.63, 3.8) is 0 Å². The molecule has 1 aliphatic carbocycles. The van der Waals surface area contributed by atoms with E-state index < -0.39 is 27.1 Å². The normalized spacial score (nSPS) is 23.0. The standard InChI is InChI=1S/C22H21F2N7O2S2/c1-25-22(5-6-22)30-35(32,33)14-9-15(11-7-12-3-4-13(8-11)26-12)18-16(10-14)17(29-31(18)2)20-27-28-21(34-20)19(23)24/h7,9-10,12-13,19,26,30H,3-6,8H2,2H3. The minimum atomic E-state index is -4.03. The van der Waals surface area contributed by atoms with Crippen LogP contribution >= 0.6 is 11.3 Å². The second-order valence-corrected chi connectivity index (χ2v) is 12.0. The van der Waals surface area contributed by atoms with Gasteiger partial charge in [0.25, 0.3) is 12.1 Å². The number of aryl methyl sites for hydroxylation is 1. The van der Waals surface area contributed by atoms with Gasteiger partial charge in [0.15, 0.2) is 10.0 Å². The van der Waals surface area contributed by atoms with Crippen LogP contribution < -0.4 is 10.0 Å². The quantitative estimate of drug-likeness (QED) is 0.484. The fourth-order valence-electron chi connectivity index (χ4n) is 4.95. The number of alkyl halides is 2. The van der Waals surface area contributed by atoms with E-state index in [1.165, 1.54) is 6.07 Å². The zero-order chi connectivity index (χ0) is 24.5. The first kappa shape index (κ1) is 22.7. The average Bonchev–Trinajstić information content (AvgIpc) is 3.13. The van der Waals surface area contributed by atoms with Crippen LogP contribution in [0.5, 0.6) is 0 Å². The highest BCUT2D eigenvalue weighted by atomic mass is 32.2. The van der Waals surface area contributed by atoms with Gasteiger partial charge in [0.05, 0.1) is 23.3 Å². The van der Waals surface area contributed by atoms with E-state index >= 15 is 0 Å². The molecule has 2 unspecified atom stereocenters. The summed E-state index contributed by atoms with van der Waals surface area (Å²) in [6.07, 6.45) is 3.10. The summed E-state index contributed by atoms with van der Waals surface area (Å²) in [4.78, 5) is 3.48. The molecule has 2 N–H and O–H groups in total. The second-order valence-electron chi connectivity index (χ2n) is 9.28. The van der Waals surface area contributed by atoms with Crippen molar-refractivity contribution in [3.8, 4) is 10.7 Å². The van der Waals surface area contributed by atoms with E-state index in [4.69, 9.17) is 6.57 Å². The number of fused-ring (bicyclic) bond motifs is 3. The topological polar surface area (TPSA) is 106 Å². The fourth-order valence-corrected chi connectivity index (χ4v) is 7.06. The molecule has 1 aromatic carbocycles. The number of nitrogens with one attached hydrogen (secondary N) is 2.